The van der Waals surface area contributed by atoms with E-state index in [1.54, 1.807) is 0 Å². The number of ether oxygens (including phenoxy) is 3. The Balaban J connectivity index is 4.26. The van der Waals surface area contributed by atoms with E-state index in [1.807, 2.05) is 0 Å². The normalized spacial score (nSPS) is 12.9. The highest BCUT2D eigenvalue weighted by Gasteiger charge is 2.19. The maximum absolute atomic E-state index is 12.8. The molecule has 0 rings (SSSR count). The van der Waals surface area contributed by atoms with Crippen LogP contribution in [0.25, 0.3) is 0 Å². The molecule has 0 radical (unpaired) electrons. The van der Waals surface area contributed by atoms with Gasteiger partial charge in [0.1, 0.15) is 13.2 Å². The average molecular weight is 1040 g/mol. The second-order valence-electron chi connectivity index (χ2n) is 20.2. The highest BCUT2D eigenvalue weighted by atomic mass is 16.6. The fourth-order valence-corrected chi connectivity index (χ4v) is 8.26. The minimum absolute atomic E-state index is 0.0910. The van der Waals surface area contributed by atoms with Gasteiger partial charge in [0.05, 0.1) is 0 Å². The van der Waals surface area contributed by atoms with Crippen molar-refractivity contribution in [3.05, 3.63) is 122 Å². The van der Waals surface area contributed by atoms with Gasteiger partial charge in [-0.15, -0.1) is 0 Å². The second kappa shape index (κ2) is 62.4. The maximum atomic E-state index is 12.8. The molecule has 0 N–H and O–H groups in total. The van der Waals surface area contributed by atoms with Crippen LogP contribution in [0, 0.1) is 0 Å². The molecule has 75 heavy (non-hydrogen) atoms. The summed E-state index contributed by atoms with van der Waals surface area (Å²) in [7, 11) is 0. The number of allylic oxidation sites excluding steroid dienone is 20. The Labute approximate surface area is 462 Å². The lowest BCUT2D eigenvalue weighted by atomic mass is 10.1. The Morgan fingerprint density at radius 2 is 0.533 bits per heavy atom. The van der Waals surface area contributed by atoms with Crippen LogP contribution in [-0.2, 0) is 28.6 Å². The van der Waals surface area contributed by atoms with Crippen molar-refractivity contribution in [2.45, 2.75) is 284 Å². The van der Waals surface area contributed by atoms with Crippen molar-refractivity contribution in [2.75, 3.05) is 13.2 Å². The zero-order valence-corrected chi connectivity index (χ0v) is 48.8. The number of carbonyl (C=O) groups is 3. The number of carbonyl (C=O) groups excluding carboxylic acids is 3. The van der Waals surface area contributed by atoms with Crippen LogP contribution in [0.5, 0.6) is 0 Å². The van der Waals surface area contributed by atoms with Gasteiger partial charge in [-0.05, 0) is 128 Å². The maximum Gasteiger partial charge on any atom is 0.306 e. The second-order valence-corrected chi connectivity index (χ2v) is 20.2. The first-order valence-corrected chi connectivity index (χ1v) is 31.0. The van der Waals surface area contributed by atoms with Crippen molar-refractivity contribution < 1.29 is 28.6 Å². The zero-order valence-electron chi connectivity index (χ0n) is 48.8. The molecule has 0 aromatic heterocycles. The molecule has 0 spiro atoms. The Morgan fingerprint density at radius 3 is 0.867 bits per heavy atom. The van der Waals surface area contributed by atoms with E-state index in [1.165, 1.54) is 96.3 Å². The zero-order chi connectivity index (χ0) is 54.3. The molecule has 1 atom stereocenters. The smallest absolute Gasteiger partial charge is 0.306 e. The monoisotopic (exact) mass is 1040 g/mol. The lowest BCUT2D eigenvalue weighted by Crippen LogP contribution is -2.30. The number of hydrogen-bond acceptors (Lipinski definition) is 6. The molecule has 6 heteroatoms. The van der Waals surface area contributed by atoms with Gasteiger partial charge in [0.2, 0.25) is 0 Å². The molecule has 6 nitrogen and oxygen atoms in total. The molecule has 0 aliphatic carbocycles. The van der Waals surface area contributed by atoms with Crippen molar-refractivity contribution in [1.82, 2.24) is 0 Å². The quantitative estimate of drug-likeness (QED) is 0.0261. The van der Waals surface area contributed by atoms with Crippen LogP contribution in [0.2, 0.25) is 0 Å². The standard InChI is InChI=1S/C69H114O6/c1-4-7-10-13-16-19-22-25-27-28-29-30-31-32-33-34-35-36-37-38-39-40-41-42-43-45-47-50-53-56-59-62-68(71)74-65-66(64-73-67(70)61-58-55-52-49-46-24-21-18-15-12-9-6-3)75-69(72)63-60-57-54-51-48-44-26-23-20-17-14-11-8-5-2/h7,10,14,16-19,21,23,25-27,29-30,32-33,35-36,38-39,66H,4-6,8-9,11-13,15,20,22,24,28,31,34,37,40-65H2,1-3H3/b10-7-,17-14-,19-16-,21-18-,26-23-,27-25-,30-29-,33-32-,36-35-,39-38-. The Bertz CT molecular complexity index is 1570. The van der Waals surface area contributed by atoms with Crippen molar-refractivity contribution in [3.8, 4) is 0 Å². The summed E-state index contributed by atoms with van der Waals surface area (Å²) in [6.07, 6.45) is 86.3. The molecule has 0 bridgehead atoms. The molecule has 0 aromatic carbocycles. The van der Waals surface area contributed by atoms with E-state index in [0.29, 0.717) is 19.3 Å². The van der Waals surface area contributed by atoms with E-state index in [2.05, 4.69) is 142 Å². The third kappa shape index (κ3) is 60.6. The molecule has 0 heterocycles. The van der Waals surface area contributed by atoms with E-state index in [9.17, 15) is 14.4 Å². The summed E-state index contributed by atoms with van der Waals surface area (Å²) in [4.78, 5) is 38.2. The van der Waals surface area contributed by atoms with Crippen LogP contribution in [0.1, 0.15) is 278 Å². The summed E-state index contributed by atoms with van der Waals surface area (Å²) in [5.41, 5.74) is 0. The van der Waals surface area contributed by atoms with Gasteiger partial charge in [-0.2, -0.15) is 0 Å². The van der Waals surface area contributed by atoms with E-state index in [0.717, 1.165) is 141 Å². The summed E-state index contributed by atoms with van der Waals surface area (Å²) >= 11 is 0. The van der Waals surface area contributed by atoms with E-state index >= 15 is 0 Å². The van der Waals surface area contributed by atoms with Crippen LogP contribution in [-0.4, -0.2) is 37.2 Å². The topological polar surface area (TPSA) is 78.9 Å². The minimum atomic E-state index is -0.793. The van der Waals surface area contributed by atoms with Gasteiger partial charge in [0, 0.05) is 19.3 Å². The van der Waals surface area contributed by atoms with Gasteiger partial charge < -0.3 is 14.2 Å². The van der Waals surface area contributed by atoms with Crippen LogP contribution in [0.3, 0.4) is 0 Å². The van der Waals surface area contributed by atoms with Gasteiger partial charge in [0.15, 0.2) is 6.10 Å². The molecule has 0 aliphatic heterocycles. The van der Waals surface area contributed by atoms with Crippen molar-refractivity contribution in [1.29, 1.82) is 0 Å². The molecule has 0 amide bonds. The summed E-state index contributed by atoms with van der Waals surface area (Å²) in [5, 5.41) is 0. The van der Waals surface area contributed by atoms with Crippen molar-refractivity contribution in [2.24, 2.45) is 0 Å². The van der Waals surface area contributed by atoms with E-state index < -0.39 is 6.10 Å². The fourth-order valence-electron chi connectivity index (χ4n) is 8.26. The fraction of sp³-hybridized carbons (Fsp3) is 0.667. The van der Waals surface area contributed by atoms with Gasteiger partial charge in [-0.1, -0.05) is 251 Å². The van der Waals surface area contributed by atoms with Crippen molar-refractivity contribution >= 4 is 17.9 Å². The van der Waals surface area contributed by atoms with E-state index in [4.69, 9.17) is 14.2 Å². The lowest BCUT2D eigenvalue weighted by molar-refractivity contribution is -0.167. The largest absolute Gasteiger partial charge is 0.462 e. The van der Waals surface area contributed by atoms with Crippen molar-refractivity contribution in [3.63, 3.8) is 0 Å². The SMILES string of the molecule is CC/C=C\C/C=C\C/C=C\C/C=C\C/C=C\C/C=C\C/C=C\CCCCCCCCCCCC(=O)OCC(COC(=O)CCCCCCC/C=C\CCCCC)OC(=O)CCCCCCC/C=C\C/C=C\CCCC. The number of esters is 3. The molecule has 0 saturated heterocycles. The highest BCUT2D eigenvalue weighted by Crippen LogP contribution is 2.15. The molecule has 0 saturated carbocycles. The number of rotatable bonds is 55. The summed E-state index contributed by atoms with van der Waals surface area (Å²) in [5.74, 6) is -0.919. The first kappa shape index (κ1) is 70.8. The Hall–Kier alpha value is -4.19. The third-order valence-corrected chi connectivity index (χ3v) is 12.9. The van der Waals surface area contributed by atoms with Crippen LogP contribution in [0.4, 0.5) is 0 Å². The van der Waals surface area contributed by atoms with Gasteiger partial charge >= 0.3 is 17.9 Å². The van der Waals surface area contributed by atoms with Gasteiger partial charge in [0.25, 0.3) is 0 Å². The minimum Gasteiger partial charge on any atom is -0.462 e. The first-order valence-electron chi connectivity index (χ1n) is 31.0. The van der Waals surface area contributed by atoms with E-state index in [-0.39, 0.29) is 31.1 Å². The Kier molecular flexibility index (Phi) is 58.9. The summed E-state index contributed by atoms with van der Waals surface area (Å²) < 4.78 is 16.8. The van der Waals surface area contributed by atoms with Gasteiger partial charge in [-0.3, -0.25) is 14.4 Å². The molecule has 1 unspecified atom stereocenters. The van der Waals surface area contributed by atoms with Crippen LogP contribution in [0.15, 0.2) is 122 Å². The van der Waals surface area contributed by atoms with Crippen LogP contribution < -0.4 is 0 Å². The molecular weight excluding hydrogens is 925 g/mol. The molecule has 0 aromatic rings. The van der Waals surface area contributed by atoms with Crippen LogP contribution >= 0.6 is 0 Å². The predicted octanol–water partition coefficient (Wildman–Crippen LogP) is 21.2. The average Bonchev–Trinajstić information content (AvgIpc) is 3.41. The summed E-state index contributed by atoms with van der Waals surface area (Å²) in [6, 6.07) is 0. The number of hydrogen-bond donors (Lipinski definition) is 0. The highest BCUT2D eigenvalue weighted by molar-refractivity contribution is 5.71. The Morgan fingerprint density at radius 1 is 0.280 bits per heavy atom. The summed E-state index contributed by atoms with van der Waals surface area (Å²) in [6.45, 7) is 6.44. The number of unbranched alkanes of at least 4 members (excludes halogenated alkanes) is 24. The lowest BCUT2D eigenvalue weighted by Gasteiger charge is -2.18. The third-order valence-electron chi connectivity index (χ3n) is 12.9. The molecule has 0 fully saturated rings. The predicted molar refractivity (Wildman–Crippen MR) is 325 cm³/mol. The molecular formula is C69H114O6. The molecule has 426 valence electrons. The first-order chi connectivity index (χ1) is 37.0. The van der Waals surface area contributed by atoms with Gasteiger partial charge in [-0.25, -0.2) is 0 Å². The molecule has 0 aliphatic rings.